The van der Waals surface area contributed by atoms with Crippen molar-refractivity contribution in [1.29, 1.82) is 0 Å². The minimum Gasteiger partial charge on any atom is -0.356 e. The lowest BCUT2D eigenvalue weighted by atomic mass is 9.95. The van der Waals surface area contributed by atoms with E-state index in [2.05, 4.69) is 20.9 Å². The van der Waals surface area contributed by atoms with Crippen LogP contribution in [0, 0.1) is 6.92 Å². The fourth-order valence-electron chi connectivity index (χ4n) is 3.37. The topological polar surface area (TPSA) is 82.6 Å². The molecule has 0 saturated heterocycles. The molecule has 0 radical (unpaired) electrons. The number of nitrogens with zero attached hydrogens (tertiary/aromatic N) is 1. The van der Waals surface area contributed by atoms with E-state index in [1.807, 2.05) is 32.0 Å². The third-order valence-corrected chi connectivity index (χ3v) is 6.94. The van der Waals surface area contributed by atoms with Crippen LogP contribution in [-0.4, -0.2) is 46.7 Å². The SMILES string of the molecule is CCS(=O)C1CCCC(NC(=NC)NCCC(=O)Nc2ccc(C)cc2Cl)C1. The number of hydrogen-bond donors (Lipinski definition) is 3. The summed E-state index contributed by atoms with van der Waals surface area (Å²) in [6.45, 7) is 4.39. The zero-order chi connectivity index (χ0) is 20.5. The third-order valence-electron chi connectivity index (χ3n) is 4.89. The summed E-state index contributed by atoms with van der Waals surface area (Å²) in [7, 11) is 0.965. The Bertz CT molecular complexity index is 726. The zero-order valence-corrected chi connectivity index (χ0v) is 18.5. The minimum absolute atomic E-state index is 0.107. The van der Waals surface area contributed by atoms with Gasteiger partial charge < -0.3 is 16.0 Å². The number of benzene rings is 1. The average molecular weight is 427 g/mol. The van der Waals surface area contributed by atoms with Crippen molar-refractivity contribution in [3.63, 3.8) is 0 Å². The number of halogens is 1. The molecule has 0 aliphatic heterocycles. The van der Waals surface area contributed by atoms with Crippen molar-refractivity contribution in [2.45, 2.75) is 57.2 Å². The van der Waals surface area contributed by atoms with Gasteiger partial charge in [0.25, 0.3) is 0 Å². The van der Waals surface area contributed by atoms with Gasteiger partial charge in [-0.3, -0.25) is 14.0 Å². The molecule has 1 saturated carbocycles. The summed E-state index contributed by atoms with van der Waals surface area (Å²) in [6.07, 6.45) is 4.35. The number of carbonyl (C=O) groups excluding carboxylic acids is 1. The Balaban J connectivity index is 1.76. The minimum atomic E-state index is -0.750. The normalized spacial score (nSPS) is 21.1. The Morgan fingerprint density at radius 3 is 2.82 bits per heavy atom. The molecular formula is C20H31ClN4O2S. The molecule has 156 valence electrons. The van der Waals surface area contributed by atoms with E-state index in [-0.39, 0.29) is 17.2 Å². The first-order valence-corrected chi connectivity index (χ1v) is 11.6. The Morgan fingerprint density at radius 1 is 1.36 bits per heavy atom. The van der Waals surface area contributed by atoms with Crippen LogP contribution < -0.4 is 16.0 Å². The summed E-state index contributed by atoms with van der Waals surface area (Å²) in [5.74, 6) is 1.28. The molecule has 28 heavy (non-hydrogen) atoms. The van der Waals surface area contributed by atoms with Crippen LogP contribution in [0.2, 0.25) is 5.02 Å². The lowest BCUT2D eigenvalue weighted by Gasteiger charge is -2.30. The molecule has 1 aliphatic carbocycles. The van der Waals surface area contributed by atoms with Crippen LogP contribution in [0.3, 0.4) is 0 Å². The molecule has 8 heteroatoms. The molecule has 2 rings (SSSR count). The van der Waals surface area contributed by atoms with Crippen LogP contribution in [0.1, 0.15) is 44.6 Å². The van der Waals surface area contributed by atoms with Crippen LogP contribution in [0.5, 0.6) is 0 Å². The highest BCUT2D eigenvalue weighted by molar-refractivity contribution is 7.85. The third kappa shape index (κ3) is 7.09. The van der Waals surface area contributed by atoms with Crippen LogP contribution in [0.15, 0.2) is 23.2 Å². The van der Waals surface area contributed by atoms with Crippen LogP contribution in [0.25, 0.3) is 0 Å². The fourth-order valence-corrected chi connectivity index (χ4v) is 5.00. The number of carbonyl (C=O) groups is 1. The van der Waals surface area contributed by atoms with E-state index >= 15 is 0 Å². The molecule has 0 heterocycles. The molecule has 0 spiro atoms. The van der Waals surface area contributed by atoms with Crippen LogP contribution in [-0.2, 0) is 15.6 Å². The summed E-state index contributed by atoms with van der Waals surface area (Å²) in [5.41, 5.74) is 1.67. The average Bonchev–Trinajstić information content (AvgIpc) is 2.69. The second kappa shape index (κ2) is 11.4. The number of nitrogens with one attached hydrogen (secondary N) is 3. The standard InChI is InChI=1S/C20H31ClN4O2S/c1-4-28(27)16-7-5-6-15(13-16)24-20(22-3)23-11-10-19(26)25-18-9-8-14(2)12-17(18)21/h8-9,12,15-16H,4-7,10-11,13H2,1-3H3,(H,25,26)(H2,22,23,24). The molecule has 1 aromatic carbocycles. The number of aryl methyl sites for hydroxylation is 1. The molecule has 1 amide bonds. The molecule has 1 fully saturated rings. The smallest absolute Gasteiger partial charge is 0.226 e. The van der Waals surface area contributed by atoms with E-state index in [1.165, 1.54) is 0 Å². The monoisotopic (exact) mass is 426 g/mol. The number of aliphatic imine (C=N–C) groups is 1. The fraction of sp³-hybridized carbons (Fsp3) is 0.600. The van der Waals surface area contributed by atoms with Crippen molar-refractivity contribution in [2.75, 3.05) is 24.7 Å². The number of rotatable bonds is 7. The van der Waals surface area contributed by atoms with E-state index in [1.54, 1.807) is 7.05 Å². The molecule has 1 aliphatic rings. The van der Waals surface area contributed by atoms with Crippen molar-refractivity contribution >= 4 is 40.0 Å². The summed E-state index contributed by atoms with van der Waals surface area (Å²) in [6, 6.07) is 5.81. The van der Waals surface area contributed by atoms with Gasteiger partial charge in [-0.25, -0.2) is 0 Å². The number of guanidine groups is 1. The van der Waals surface area contributed by atoms with Crippen molar-refractivity contribution in [2.24, 2.45) is 4.99 Å². The van der Waals surface area contributed by atoms with E-state index in [0.29, 0.717) is 35.4 Å². The summed E-state index contributed by atoms with van der Waals surface area (Å²) in [5, 5.41) is 10.2. The first-order chi connectivity index (χ1) is 13.4. The maximum atomic E-state index is 12.2. The second-order valence-corrected chi connectivity index (χ2v) is 9.49. The Kier molecular flexibility index (Phi) is 9.25. The molecule has 1 aromatic rings. The van der Waals surface area contributed by atoms with Gasteiger partial charge in [-0.1, -0.05) is 31.0 Å². The number of amides is 1. The lowest BCUT2D eigenvalue weighted by molar-refractivity contribution is -0.116. The molecule has 0 bridgehead atoms. The van der Waals surface area contributed by atoms with E-state index in [4.69, 9.17) is 11.6 Å². The summed E-state index contributed by atoms with van der Waals surface area (Å²) in [4.78, 5) is 16.4. The van der Waals surface area contributed by atoms with Crippen molar-refractivity contribution in [1.82, 2.24) is 10.6 Å². The van der Waals surface area contributed by atoms with Gasteiger partial charge in [-0.05, 0) is 43.9 Å². The van der Waals surface area contributed by atoms with E-state index < -0.39 is 10.8 Å². The highest BCUT2D eigenvalue weighted by Gasteiger charge is 2.26. The van der Waals surface area contributed by atoms with Gasteiger partial charge in [0.15, 0.2) is 5.96 Å². The predicted octanol–water partition coefficient (Wildman–Crippen LogP) is 3.22. The highest BCUT2D eigenvalue weighted by atomic mass is 35.5. The van der Waals surface area contributed by atoms with Gasteiger partial charge in [-0.2, -0.15) is 0 Å². The van der Waals surface area contributed by atoms with Crippen LogP contribution in [0.4, 0.5) is 5.69 Å². The van der Waals surface area contributed by atoms with Crippen LogP contribution >= 0.6 is 11.6 Å². The maximum Gasteiger partial charge on any atom is 0.226 e. The van der Waals surface area contributed by atoms with Gasteiger partial charge in [-0.15, -0.1) is 0 Å². The van der Waals surface area contributed by atoms with Crippen molar-refractivity contribution < 1.29 is 9.00 Å². The second-order valence-electron chi connectivity index (χ2n) is 7.08. The van der Waals surface area contributed by atoms with Gasteiger partial charge in [0, 0.05) is 47.9 Å². The Morgan fingerprint density at radius 2 is 2.14 bits per heavy atom. The Labute approximate surface area is 175 Å². The van der Waals surface area contributed by atoms with E-state index in [0.717, 1.165) is 31.2 Å². The highest BCUT2D eigenvalue weighted by Crippen LogP contribution is 2.23. The quantitative estimate of drug-likeness (QED) is 0.461. The first-order valence-electron chi connectivity index (χ1n) is 9.83. The molecule has 3 atom stereocenters. The molecular weight excluding hydrogens is 396 g/mol. The molecule has 3 unspecified atom stereocenters. The van der Waals surface area contributed by atoms with E-state index in [9.17, 15) is 9.00 Å². The Hall–Kier alpha value is -1.60. The first kappa shape index (κ1) is 22.7. The van der Waals surface area contributed by atoms with Gasteiger partial charge in [0.05, 0.1) is 10.7 Å². The number of anilines is 1. The van der Waals surface area contributed by atoms with Gasteiger partial charge >= 0.3 is 0 Å². The van der Waals surface area contributed by atoms with Crippen molar-refractivity contribution in [3.8, 4) is 0 Å². The summed E-state index contributed by atoms with van der Waals surface area (Å²) < 4.78 is 12.1. The van der Waals surface area contributed by atoms with Crippen molar-refractivity contribution in [3.05, 3.63) is 28.8 Å². The maximum absolute atomic E-state index is 12.2. The summed E-state index contributed by atoms with van der Waals surface area (Å²) >= 11 is 6.15. The predicted molar refractivity (Wildman–Crippen MR) is 119 cm³/mol. The lowest BCUT2D eigenvalue weighted by Crippen LogP contribution is -2.47. The molecule has 3 N–H and O–H groups in total. The zero-order valence-electron chi connectivity index (χ0n) is 16.9. The molecule has 0 aromatic heterocycles. The molecule has 6 nitrogen and oxygen atoms in total. The number of hydrogen-bond acceptors (Lipinski definition) is 3. The van der Waals surface area contributed by atoms with Gasteiger partial charge in [0.2, 0.25) is 5.91 Å². The largest absolute Gasteiger partial charge is 0.356 e. The van der Waals surface area contributed by atoms with Gasteiger partial charge in [0.1, 0.15) is 0 Å².